The number of fused-ring (bicyclic) bond motifs is 1. The van der Waals surface area contributed by atoms with Gasteiger partial charge in [-0.05, 0) is 37.3 Å². The second-order valence-corrected chi connectivity index (χ2v) is 5.90. The number of benzene rings is 1. The third-order valence-electron chi connectivity index (χ3n) is 4.38. The lowest BCUT2D eigenvalue weighted by Gasteiger charge is -2.28. The van der Waals surface area contributed by atoms with Gasteiger partial charge in [0.25, 0.3) is 0 Å². The average Bonchev–Trinajstić information content (AvgIpc) is 3.19. The summed E-state index contributed by atoms with van der Waals surface area (Å²) >= 11 is 0. The third-order valence-corrected chi connectivity index (χ3v) is 4.38. The van der Waals surface area contributed by atoms with E-state index in [-0.39, 0.29) is 12.1 Å². The molecule has 1 saturated carbocycles. The van der Waals surface area contributed by atoms with E-state index in [1.807, 2.05) is 7.11 Å². The number of para-hydroxylation sites is 1. The van der Waals surface area contributed by atoms with Gasteiger partial charge in [0.1, 0.15) is 5.75 Å². The van der Waals surface area contributed by atoms with Crippen LogP contribution in [0.5, 0.6) is 5.75 Å². The Kier molecular flexibility index (Phi) is 4.27. The van der Waals surface area contributed by atoms with Crippen LogP contribution in [0, 0.1) is 5.92 Å². The summed E-state index contributed by atoms with van der Waals surface area (Å²) in [4.78, 5) is 0. The summed E-state index contributed by atoms with van der Waals surface area (Å²) in [6, 6.07) is 6.79. The Labute approximate surface area is 121 Å². The highest BCUT2D eigenvalue weighted by molar-refractivity contribution is 5.46. The number of methoxy groups -OCH3 is 1. The van der Waals surface area contributed by atoms with Gasteiger partial charge in [0.2, 0.25) is 0 Å². The molecule has 1 aromatic rings. The molecule has 1 heterocycles. The fraction of sp³-hybridized carbons (Fsp3) is 0.647. The molecular weight excluding hydrogens is 250 g/mol. The minimum atomic E-state index is 0.250. The summed E-state index contributed by atoms with van der Waals surface area (Å²) < 4.78 is 11.7. The van der Waals surface area contributed by atoms with E-state index >= 15 is 0 Å². The zero-order valence-electron chi connectivity index (χ0n) is 12.5. The van der Waals surface area contributed by atoms with Gasteiger partial charge in [-0.25, -0.2) is 0 Å². The highest BCUT2D eigenvalue weighted by Crippen LogP contribution is 2.43. The van der Waals surface area contributed by atoms with E-state index in [1.165, 1.54) is 24.0 Å². The zero-order chi connectivity index (χ0) is 13.9. The predicted octanol–water partition coefficient (Wildman–Crippen LogP) is 3.09. The maximum atomic E-state index is 5.89. The van der Waals surface area contributed by atoms with Gasteiger partial charge in [0, 0.05) is 19.1 Å². The molecule has 110 valence electrons. The maximum absolute atomic E-state index is 5.89. The molecule has 0 spiro atoms. The van der Waals surface area contributed by atoms with Crippen LogP contribution < -0.4 is 10.1 Å². The van der Waals surface area contributed by atoms with Crippen molar-refractivity contribution in [2.75, 3.05) is 20.3 Å². The molecule has 2 atom stereocenters. The maximum Gasteiger partial charge on any atom is 0.127 e. The molecule has 2 unspecified atom stereocenters. The minimum absolute atomic E-state index is 0.250. The Hall–Kier alpha value is -1.06. The van der Waals surface area contributed by atoms with Crippen LogP contribution >= 0.6 is 0 Å². The Morgan fingerprint density at radius 3 is 2.95 bits per heavy atom. The van der Waals surface area contributed by atoms with Crippen LogP contribution in [0.2, 0.25) is 0 Å². The summed E-state index contributed by atoms with van der Waals surface area (Å²) in [6.45, 7) is 4.03. The topological polar surface area (TPSA) is 30.5 Å². The predicted molar refractivity (Wildman–Crippen MR) is 80.2 cm³/mol. The highest BCUT2D eigenvalue weighted by atomic mass is 16.5. The van der Waals surface area contributed by atoms with Gasteiger partial charge in [0.05, 0.1) is 18.8 Å². The molecule has 3 rings (SSSR count). The molecule has 1 N–H and O–H groups in total. The Morgan fingerprint density at radius 1 is 1.40 bits per heavy atom. The van der Waals surface area contributed by atoms with E-state index in [4.69, 9.17) is 9.47 Å². The second-order valence-electron chi connectivity index (χ2n) is 5.90. The number of hydrogen-bond donors (Lipinski definition) is 1. The van der Waals surface area contributed by atoms with Crippen molar-refractivity contribution in [2.45, 2.75) is 44.8 Å². The lowest BCUT2D eigenvalue weighted by molar-refractivity contribution is 0.0499. The lowest BCUT2D eigenvalue weighted by atomic mass is 9.95. The standard InChI is InChI=1S/C17H25NO2/c1-3-10-18-15(17(19-2)13-7-8-13)14-6-4-5-12-9-11-20-16(12)14/h4-6,13,15,17-18H,3,7-11H2,1-2H3. The molecule has 0 aromatic heterocycles. The molecular formula is C17H25NO2. The van der Waals surface area contributed by atoms with Crippen molar-refractivity contribution in [1.82, 2.24) is 5.32 Å². The first-order valence-corrected chi connectivity index (χ1v) is 7.86. The lowest BCUT2D eigenvalue weighted by Crippen LogP contribution is -2.35. The van der Waals surface area contributed by atoms with E-state index in [9.17, 15) is 0 Å². The molecule has 2 aliphatic rings. The van der Waals surface area contributed by atoms with Crippen molar-refractivity contribution in [3.63, 3.8) is 0 Å². The number of ether oxygens (including phenoxy) is 2. The van der Waals surface area contributed by atoms with Crippen LogP contribution in [0.3, 0.4) is 0 Å². The van der Waals surface area contributed by atoms with Gasteiger partial charge in [-0.2, -0.15) is 0 Å². The van der Waals surface area contributed by atoms with Gasteiger partial charge >= 0.3 is 0 Å². The molecule has 3 heteroatoms. The minimum Gasteiger partial charge on any atom is -0.493 e. The SMILES string of the molecule is CCCNC(c1cccc2c1OCC2)C(OC)C1CC1. The van der Waals surface area contributed by atoms with Crippen molar-refractivity contribution in [2.24, 2.45) is 5.92 Å². The van der Waals surface area contributed by atoms with Crippen molar-refractivity contribution in [1.29, 1.82) is 0 Å². The molecule has 1 aliphatic heterocycles. The Bertz CT molecular complexity index is 456. The van der Waals surface area contributed by atoms with Gasteiger partial charge in [-0.15, -0.1) is 0 Å². The normalized spacial score (nSPS) is 20.3. The van der Waals surface area contributed by atoms with Crippen molar-refractivity contribution < 1.29 is 9.47 Å². The van der Waals surface area contributed by atoms with Gasteiger partial charge in [0.15, 0.2) is 0 Å². The van der Waals surface area contributed by atoms with E-state index in [1.54, 1.807) is 0 Å². The van der Waals surface area contributed by atoms with Crippen molar-refractivity contribution in [3.8, 4) is 5.75 Å². The molecule has 1 aliphatic carbocycles. The van der Waals surface area contributed by atoms with Gasteiger partial charge in [-0.1, -0.05) is 25.1 Å². The fourth-order valence-corrected chi connectivity index (χ4v) is 3.21. The summed E-state index contributed by atoms with van der Waals surface area (Å²) in [5.74, 6) is 1.80. The van der Waals surface area contributed by atoms with Crippen LogP contribution in [0.1, 0.15) is 43.4 Å². The Morgan fingerprint density at radius 2 is 2.25 bits per heavy atom. The average molecular weight is 275 g/mol. The monoisotopic (exact) mass is 275 g/mol. The van der Waals surface area contributed by atoms with E-state index in [0.29, 0.717) is 5.92 Å². The third kappa shape index (κ3) is 2.70. The van der Waals surface area contributed by atoms with Crippen LogP contribution in [0.15, 0.2) is 18.2 Å². The van der Waals surface area contributed by atoms with Crippen molar-refractivity contribution >= 4 is 0 Å². The van der Waals surface area contributed by atoms with Crippen molar-refractivity contribution in [3.05, 3.63) is 29.3 Å². The molecule has 1 aromatic carbocycles. The number of hydrogen-bond acceptors (Lipinski definition) is 3. The molecule has 0 radical (unpaired) electrons. The zero-order valence-corrected chi connectivity index (χ0v) is 12.5. The molecule has 20 heavy (non-hydrogen) atoms. The van der Waals surface area contributed by atoms with E-state index < -0.39 is 0 Å². The summed E-state index contributed by atoms with van der Waals surface area (Å²) in [5.41, 5.74) is 2.63. The smallest absolute Gasteiger partial charge is 0.127 e. The van der Waals surface area contributed by atoms with Crippen LogP contribution in [0.4, 0.5) is 0 Å². The Balaban J connectivity index is 1.90. The fourth-order valence-electron chi connectivity index (χ4n) is 3.21. The first-order valence-electron chi connectivity index (χ1n) is 7.86. The molecule has 0 bridgehead atoms. The molecule has 0 amide bonds. The number of nitrogens with one attached hydrogen (secondary N) is 1. The van der Waals surface area contributed by atoms with Gasteiger partial charge < -0.3 is 14.8 Å². The number of rotatable bonds is 7. The van der Waals surface area contributed by atoms with E-state index in [0.717, 1.165) is 31.7 Å². The first-order chi connectivity index (χ1) is 9.85. The van der Waals surface area contributed by atoms with Crippen LogP contribution in [-0.4, -0.2) is 26.4 Å². The van der Waals surface area contributed by atoms with Crippen LogP contribution in [-0.2, 0) is 11.2 Å². The highest BCUT2D eigenvalue weighted by Gasteiger charge is 2.38. The summed E-state index contributed by atoms with van der Waals surface area (Å²) in [5, 5.41) is 3.68. The molecule has 1 fully saturated rings. The van der Waals surface area contributed by atoms with Crippen LogP contribution in [0.25, 0.3) is 0 Å². The van der Waals surface area contributed by atoms with E-state index in [2.05, 4.69) is 30.4 Å². The molecule has 3 nitrogen and oxygen atoms in total. The van der Waals surface area contributed by atoms with Gasteiger partial charge in [-0.3, -0.25) is 0 Å². The largest absolute Gasteiger partial charge is 0.493 e. The summed E-state index contributed by atoms with van der Waals surface area (Å²) in [6.07, 6.45) is 5.01. The first kappa shape index (κ1) is 13.9. The molecule has 0 saturated heterocycles. The second kappa shape index (κ2) is 6.15. The quantitative estimate of drug-likeness (QED) is 0.829. The summed E-state index contributed by atoms with van der Waals surface area (Å²) in [7, 11) is 1.84.